The Kier molecular flexibility index (Phi) is 4.08. The van der Waals surface area contributed by atoms with Gasteiger partial charge in [0.05, 0.1) is 7.11 Å². The molecule has 0 spiro atoms. The molecule has 1 unspecified atom stereocenters. The van der Waals surface area contributed by atoms with Crippen molar-refractivity contribution in [2.75, 3.05) is 7.11 Å². The smallest absolute Gasteiger partial charge is 0.171 e. The molecule has 0 aromatic heterocycles. The van der Waals surface area contributed by atoms with Crippen molar-refractivity contribution in [1.82, 2.24) is 0 Å². The van der Waals surface area contributed by atoms with Crippen LogP contribution >= 0.6 is 11.6 Å². The van der Waals surface area contributed by atoms with Crippen molar-refractivity contribution >= 4 is 11.6 Å². The van der Waals surface area contributed by atoms with E-state index in [0.29, 0.717) is 10.6 Å². The van der Waals surface area contributed by atoms with Gasteiger partial charge in [-0.2, -0.15) is 0 Å². The van der Waals surface area contributed by atoms with Crippen molar-refractivity contribution in [3.63, 3.8) is 0 Å². The summed E-state index contributed by atoms with van der Waals surface area (Å²) in [5.41, 5.74) is 1.60. The van der Waals surface area contributed by atoms with E-state index in [4.69, 9.17) is 16.3 Å². The van der Waals surface area contributed by atoms with Gasteiger partial charge in [0, 0.05) is 10.6 Å². The molecule has 0 aliphatic rings. The molecule has 0 fully saturated rings. The van der Waals surface area contributed by atoms with Gasteiger partial charge in [0.1, 0.15) is 6.10 Å². The van der Waals surface area contributed by atoms with Gasteiger partial charge in [-0.1, -0.05) is 29.8 Å². The van der Waals surface area contributed by atoms with Crippen molar-refractivity contribution in [2.45, 2.75) is 13.0 Å². The first-order chi connectivity index (χ1) is 9.04. The van der Waals surface area contributed by atoms with Crippen molar-refractivity contribution in [2.24, 2.45) is 0 Å². The van der Waals surface area contributed by atoms with Gasteiger partial charge in [0.2, 0.25) is 0 Å². The number of aliphatic hydroxyl groups is 1. The highest BCUT2D eigenvalue weighted by Gasteiger charge is 2.19. The molecule has 1 atom stereocenters. The summed E-state index contributed by atoms with van der Waals surface area (Å²) in [5.74, 6) is -0.451. The van der Waals surface area contributed by atoms with E-state index in [1.807, 2.05) is 6.92 Å². The maximum atomic E-state index is 14.1. The molecule has 19 heavy (non-hydrogen) atoms. The van der Waals surface area contributed by atoms with Crippen LogP contribution in [0.3, 0.4) is 0 Å². The van der Waals surface area contributed by atoms with Crippen molar-refractivity contribution < 1.29 is 14.2 Å². The Bertz CT molecular complexity index is 599. The highest BCUT2D eigenvalue weighted by molar-refractivity contribution is 6.30. The zero-order chi connectivity index (χ0) is 14.0. The van der Waals surface area contributed by atoms with Crippen LogP contribution in [-0.4, -0.2) is 12.2 Å². The van der Waals surface area contributed by atoms with E-state index in [1.165, 1.54) is 19.2 Å². The molecule has 0 saturated carbocycles. The lowest BCUT2D eigenvalue weighted by molar-refractivity contribution is 0.212. The van der Waals surface area contributed by atoms with Crippen LogP contribution in [0.4, 0.5) is 4.39 Å². The number of benzene rings is 2. The number of halogens is 2. The fraction of sp³-hybridized carbons (Fsp3) is 0.200. The van der Waals surface area contributed by atoms with Gasteiger partial charge in [-0.25, -0.2) is 4.39 Å². The molecule has 0 heterocycles. The number of rotatable bonds is 3. The van der Waals surface area contributed by atoms with Gasteiger partial charge >= 0.3 is 0 Å². The van der Waals surface area contributed by atoms with E-state index < -0.39 is 11.9 Å². The Labute approximate surface area is 116 Å². The highest BCUT2D eigenvalue weighted by atomic mass is 35.5. The largest absolute Gasteiger partial charge is 0.494 e. The lowest BCUT2D eigenvalue weighted by Crippen LogP contribution is -2.05. The van der Waals surface area contributed by atoms with Crippen LogP contribution in [0.15, 0.2) is 36.4 Å². The van der Waals surface area contributed by atoms with E-state index in [9.17, 15) is 9.50 Å². The third kappa shape index (κ3) is 2.72. The summed E-state index contributed by atoms with van der Waals surface area (Å²) in [7, 11) is 1.39. The van der Waals surface area contributed by atoms with Crippen LogP contribution in [0, 0.1) is 12.7 Å². The predicted octanol–water partition coefficient (Wildman–Crippen LogP) is 3.88. The first-order valence-electron chi connectivity index (χ1n) is 5.81. The van der Waals surface area contributed by atoms with E-state index in [0.717, 1.165) is 5.56 Å². The summed E-state index contributed by atoms with van der Waals surface area (Å²) in [6, 6.07) is 9.84. The molecule has 100 valence electrons. The first kappa shape index (κ1) is 13.8. The molecule has 2 rings (SSSR count). The average Bonchev–Trinajstić information content (AvgIpc) is 2.41. The summed E-state index contributed by atoms with van der Waals surface area (Å²) in [6.07, 6.45) is -1.08. The molecule has 0 aliphatic carbocycles. The Hall–Kier alpha value is -1.58. The average molecular weight is 281 g/mol. The van der Waals surface area contributed by atoms with Crippen molar-refractivity contribution in [3.05, 3.63) is 63.9 Å². The number of hydrogen-bond donors (Lipinski definition) is 1. The van der Waals surface area contributed by atoms with Gasteiger partial charge < -0.3 is 9.84 Å². The molecule has 1 N–H and O–H groups in total. The van der Waals surface area contributed by atoms with Crippen molar-refractivity contribution in [3.8, 4) is 5.75 Å². The van der Waals surface area contributed by atoms with Gasteiger partial charge in [-0.15, -0.1) is 0 Å². The lowest BCUT2D eigenvalue weighted by Gasteiger charge is -2.16. The Balaban J connectivity index is 2.50. The first-order valence-corrected chi connectivity index (χ1v) is 6.19. The summed E-state index contributed by atoms with van der Waals surface area (Å²) in [5, 5.41) is 10.8. The normalized spacial score (nSPS) is 12.3. The second-order valence-corrected chi connectivity index (χ2v) is 4.70. The van der Waals surface area contributed by atoms with Gasteiger partial charge in [0.15, 0.2) is 11.6 Å². The minimum absolute atomic E-state index is 0.108. The molecule has 0 aliphatic heterocycles. The zero-order valence-electron chi connectivity index (χ0n) is 10.7. The highest BCUT2D eigenvalue weighted by Crippen LogP contribution is 2.31. The number of ether oxygens (including phenoxy) is 1. The van der Waals surface area contributed by atoms with Crippen LogP contribution in [0.1, 0.15) is 22.8 Å². The Morgan fingerprint density at radius 1 is 1.21 bits per heavy atom. The summed E-state index contributed by atoms with van der Waals surface area (Å²) < 4.78 is 19.0. The van der Waals surface area contributed by atoms with Crippen LogP contribution in [0.5, 0.6) is 5.75 Å². The number of methoxy groups -OCH3 is 1. The molecule has 0 saturated heterocycles. The molecular formula is C15H14ClFO2. The van der Waals surface area contributed by atoms with Crippen LogP contribution in [-0.2, 0) is 0 Å². The summed E-state index contributed by atoms with van der Waals surface area (Å²) in [4.78, 5) is 0. The van der Waals surface area contributed by atoms with Crippen LogP contribution in [0.25, 0.3) is 0 Å². The maximum absolute atomic E-state index is 14.1. The Morgan fingerprint density at radius 3 is 2.63 bits per heavy atom. The number of hydrogen-bond acceptors (Lipinski definition) is 2. The molecule has 4 heteroatoms. The molecule has 0 amide bonds. The summed E-state index contributed by atoms with van der Waals surface area (Å²) in [6.45, 7) is 1.84. The minimum Gasteiger partial charge on any atom is -0.494 e. The molecule has 2 nitrogen and oxygen atoms in total. The van der Waals surface area contributed by atoms with Crippen LogP contribution in [0.2, 0.25) is 5.02 Å². The molecular weight excluding hydrogens is 267 g/mol. The second kappa shape index (κ2) is 5.59. The fourth-order valence-electron chi connectivity index (χ4n) is 1.97. The van der Waals surface area contributed by atoms with Gasteiger partial charge in [-0.05, 0) is 36.2 Å². The lowest BCUT2D eigenvalue weighted by atomic mass is 9.97. The topological polar surface area (TPSA) is 29.5 Å². The van der Waals surface area contributed by atoms with E-state index >= 15 is 0 Å². The van der Waals surface area contributed by atoms with Crippen molar-refractivity contribution in [1.29, 1.82) is 0 Å². The monoisotopic (exact) mass is 280 g/mol. The molecule has 0 radical (unpaired) electrons. The molecule has 0 bridgehead atoms. The van der Waals surface area contributed by atoms with Gasteiger partial charge in [-0.3, -0.25) is 0 Å². The number of aliphatic hydroxyl groups excluding tert-OH is 1. The standard InChI is InChI=1S/C15H14ClFO2/c1-9-6-7-10(16)8-12(9)15(18)11-4-3-5-13(19-2)14(11)17/h3-8,15,18H,1-2H3. The van der Waals surface area contributed by atoms with Gasteiger partial charge in [0.25, 0.3) is 0 Å². The summed E-state index contributed by atoms with van der Waals surface area (Å²) >= 11 is 5.92. The third-order valence-electron chi connectivity index (χ3n) is 3.04. The van der Waals surface area contributed by atoms with Crippen LogP contribution < -0.4 is 4.74 Å². The predicted molar refractivity (Wildman–Crippen MR) is 73.2 cm³/mol. The minimum atomic E-state index is -1.08. The van der Waals surface area contributed by atoms with E-state index in [1.54, 1.807) is 24.3 Å². The Morgan fingerprint density at radius 2 is 1.95 bits per heavy atom. The quantitative estimate of drug-likeness (QED) is 0.924. The fourth-order valence-corrected chi connectivity index (χ4v) is 2.15. The number of aryl methyl sites for hydroxylation is 1. The molecule has 2 aromatic carbocycles. The maximum Gasteiger partial charge on any atom is 0.171 e. The second-order valence-electron chi connectivity index (χ2n) is 4.27. The molecule has 2 aromatic rings. The van der Waals surface area contributed by atoms with E-state index in [-0.39, 0.29) is 11.3 Å². The van der Waals surface area contributed by atoms with E-state index in [2.05, 4.69) is 0 Å². The zero-order valence-corrected chi connectivity index (χ0v) is 11.4. The third-order valence-corrected chi connectivity index (χ3v) is 3.28. The SMILES string of the molecule is COc1cccc(C(O)c2cc(Cl)ccc2C)c1F.